The molecule has 0 bridgehead atoms. The molecule has 6 aromatic carbocycles. The average molecular weight is 861 g/mol. The monoisotopic (exact) mass is 860 g/mol. The van der Waals surface area contributed by atoms with Gasteiger partial charge in [-0.05, 0) is 122 Å². The van der Waals surface area contributed by atoms with Gasteiger partial charge in [-0.2, -0.15) is 0 Å². The highest BCUT2D eigenvalue weighted by Gasteiger charge is 2.22. The summed E-state index contributed by atoms with van der Waals surface area (Å²) >= 11 is 0. The summed E-state index contributed by atoms with van der Waals surface area (Å²) in [7, 11) is 3.23. The van der Waals surface area contributed by atoms with Crippen LogP contribution in [-0.2, 0) is 28.5 Å². The Hall–Kier alpha value is -8.12. The minimum Gasteiger partial charge on any atom is -0.495 e. The fourth-order valence-corrected chi connectivity index (χ4v) is 6.64. The molecule has 0 amide bonds. The van der Waals surface area contributed by atoms with Gasteiger partial charge < -0.3 is 38.2 Å². The summed E-state index contributed by atoms with van der Waals surface area (Å²) in [6.07, 6.45) is 0. The maximum Gasteiger partial charge on any atom is 0.338 e. The number of rotatable bonds is 19. The van der Waals surface area contributed by atoms with Crippen molar-refractivity contribution in [2.75, 3.05) is 50.4 Å². The first-order chi connectivity index (χ1) is 31.1. The van der Waals surface area contributed by atoms with E-state index >= 15 is 0 Å². The second-order valence-corrected chi connectivity index (χ2v) is 14.0. The number of methoxy groups -OCH3 is 2. The van der Waals surface area contributed by atoms with E-state index in [0.29, 0.717) is 22.6 Å². The minimum atomic E-state index is -0.615. The van der Waals surface area contributed by atoms with Gasteiger partial charge in [-0.15, -0.1) is 0 Å². The third-order valence-electron chi connectivity index (χ3n) is 9.81. The Morgan fingerprint density at radius 2 is 0.797 bits per heavy atom. The van der Waals surface area contributed by atoms with E-state index in [1.807, 2.05) is 131 Å². The van der Waals surface area contributed by atoms with Crippen LogP contribution in [0.3, 0.4) is 0 Å². The van der Waals surface area contributed by atoms with Crippen LogP contribution in [0.1, 0.15) is 34.6 Å². The first kappa shape index (κ1) is 45.4. The van der Waals surface area contributed by atoms with E-state index < -0.39 is 23.9 Å². The summed E-state index contributed by atoms with van der Waals surface area (Å²) in [6.45, 7) is 10.5. The van der Waals surface area contributed by atoms with Crippen LogP contribution >= 0.6 is 0 Å². The molecule has 0 saturated heterocycles. The largest absolute Gasteiger partial charge is 0.495 e. The van der Waals surface area contributed by atoms with E-state index in [9.17, 15) is 19.2 Å². The maximum absolute atomic E-state index is 12.9. The molecule has 0 aliphatic carbocycles. The van der Waals surface area contributed by atoms with Gasteiger partial charge in [0, 0.05) is 22.7 Å². The zero-order valence-corrected chi connectivity index (χ0v) is 36.1. The van der Waals surface area contributed by atoms with Crippen molar-refractivity contribution < 1.29 is 47.6 Å². The molecule has 0 atom stereocenters. The van der Waals surface area contributed by atoms with E-state index in [1.165, 1.54) is 0 Å². The van der Waals surface area contributed by atoms with Gasteiger partial charge in [0.05, 0.1) is 61.1 Å². The summed E-state index contributed by atoms with van der Waals surface area (Å²) < 4.78 is 32.6. The van der Waals surface area contributed by atoms with Crippen LogP contribution < -0.4 is 19.3 Å². The minimum absolute atomic E-state index is 0.0453. The zero-order valence-electron chi connectivity index (χ0n) is 36.1. The first-order valence-electron chi connectivity index (χ1n) is 20.4. The molecule has 6 rings (SSSR count). The smallest absolute Gasteiger partial charge is 0.338 e. The lowest BCUT2D eigenvalue weighted by molar-refractivity contribution is -0.139. The highest BCUT2D eigenvalue weighted by atomic mass is 16.6. The molecular formula is C52H48N2O10. The maximum atomic E-state index is 12.9. The van der Waals surface area contributed by atoms with Crippen LogP contribution in [0.5, 0.6) is 11.5 Å². The number of nitrogens with zero attached hydrogens (tertiary/aromatic N) is 2. The Labute approximate surface area is 372 Å². The highest BCUT2D eigenvalue weighted by Crippen LogP contribution is 2.45. The normalized spacial score (nSPS) is 10.5. The zero-order chi connectivity index (χ0) is 45.6. The van der Waals surface area contributed by atoms with Crippen molar-refractivity contribution in [3.8, 4) is 22.6 Å². The predicted octanol–water partition coefficient (Wildman–Crippen LogP) is 10.9. The summed E-state index contributed by atoms with van der Waals surface area (Å²) in [4.78, 5) is 53.6. The molecule has 12 heteroatoms. The second kappa shape index (κ2) is 21.6. The molecule has 0 heterocycles. The standard InChI is InChI=1S/C52H48N2O10/c1-7-61-49(55)35(3)33-63-51(57)37-19-25-43(26-20-37)53(41-15-11-9-12-16-41)45-29-23-39(31-47(45)59-5)40-24-30-46(48(32-40)60-6)54(42-17-13-10-14-18-42)44-27-21-38(22-28-44)52(58)64-34-36(4)50(56)62-8-2/h9-32H,3-4,7-8,33-34H2,1-2,5-6H3. The molecule has 0 saturated carbocycles. The third kappa shape index (κ3) is 10.8. The molecule has 12 nitrogen and oxygen atoms in total. The Bertz CT molecular complexity index is 2430. The molecule has 6 aromatic rings. The Morgan fingerprint density at radius 1 is 0.453 bits per heavy atom. The van der Waals surface area contributed by atoms with E-state index in [0.717, 1.165) is 45.3 Å². The van der Waals surface area contributed by atoms with Gasteiger partial charge in [-0.1, -0.05) is 61.7 Å². The molecule has 0 fully saturated rings. The molecule has 0 aromatic heterocycles. The molecule has 64 heavy (non-hydrogen) atoms. The van der Waals surface area contributed by atoms with Crippen molar-refractivity contribution in [3.63, 3.8) is 0 Å². The number of anilines is 6. The third-order valence-corrected chi connectivity index (χ3v) is 9.81. The lowest BCUT2D eigenvalue weighted by Gasteiger charge is -2.28. The Morgan fingerprint density at radius 3 is 1.12 bits per heavy atom. The van der Waals surface area contributed by atoms with Crippen molar-refractivity contribution in [2.24, 2.45) is 0 Å². The van der Waals surface area contributed by atoms with E-state index in [4.69, 9.17) is 28.4 Å². The van der Waals surface area contributed by atoms with Crippen LogP contribution in [0.15, 0.2) is 170 Å². The molecule has 0 spiro atoms. The fraction of sp³-hybridized carbons (Fsp3) is 0.154. The van der Waals surface area contributed by atoms with Crippen LogP contribution in [-0.4, -0.2) is 64.5 Å². The van der Waals surface area contributed by atoms with Gasteiger partial charge >= 0.3 is 23.9 Å². The first-order valence-corrected chi connectivity index (χ1v) is 20.4. The molecule has 0 unspecified atom stereocenters. The van der Waals surface area contributed by atoms with Crippen molar-refractivity contribution in [2.45, 2.75) is 13.8 Å². The topological polar surface area (TPSA) is 130 Å². The molecular weight excluding hydrogens is 813 g/mol. The number of ether oxygens (including phenoxy) is 6. The lowest BCUT2D eigenvalue weighted by atomic mass is 10.0. The van der Waals surface area contributed by atoms with Crippen molar-refractivity contribution in [3.05, 3.63) is 181 Å². The molecule has 0 radical (unpaired) electrons. The van der Waals surface area contributed by atoms with E-state index in [1.54, 1.807) is 52.3 Å². The number of carbonyl (C=O) groups excluding carboxylic acids is 4. The molecule has 326 valence electrons. The summed E-state index contributed by atoms with van der Waals surface area (Å²) in [6, 6.07) is 45.2. The van der Waals surface area contributed by atoms with Gasteiger partial charge in [0.25, 0.3) is 0 Å². The Balaban J connectivity index is 1.28. The second-order valence-electron chi connectivity index (χ2n) is 14.0. The molecule has 0 aliphatic rings. The number of hydrogen-bond acceptors (Lipinski definition) is 12. The number of para-hydroxylation sites is 2. The molecule has 0 N–H and O–H groups in total. The van der Waals surface area contributed by atoms with Crippen LogP contribution in [0.25, 0.3) is 11.1 Å². The lowest BCUT2D eigenvalue weighted by Crippen LogP contribution is -2.15. The summed E-state index contributed by atoms with van der Waals surface area (Å²) in [5.74, 6) is -1.28. The molecule has 0 aliphatic heterocycles. The highest BCUT2D eigenvalue weighted by molar-refractivity contribution is 5.94. The number of benzene rings is 6. The van der Waals surface area contributed by atoms with Gasteiger partial charge in [-0.25, -0.2) is 19.2 Å². The summed E-state index contributed by atoms with van der Waals surface area (Å²) in [5.41, 5.74) is 7.11. The van der Waals surface area contributed by atoms with Crippen molar-refractivity contribution >= 4 is 58.0 Å². The quantitative estimate of drug-likeness (QED) is 0.0436. The SMILES string of the molecule is C=C(COC(=O)c1ccc(N(c2ccccc2)c2ccc(-c3ccc(N(c4ccccc4)c4ccc(C(=O)OCC(=C)C(=O)OCC)cc4)c(OC)c3)cc2OC)cc1)C(=O)OCC. The van der Waals surface area contributed by atoms with Crippen molar-refractivity contribution in [1.29, 1.82) is 0 Å². The van der Waals surface area contributed by atoms with Gasteiger partial charge in [0.15, 0.2) is 0 Å². The van der Waals surface area contributed by atoms with E-state index in [2.05, 4.69) is 13.2 Å². The van der Waals surface area contributed by atoms with Crippen molar-refractivity contribution in [1.82, 2.24) is 0 Å². The predicted molar refractivity (Wildman–Crippen MR) is 246 cm³/mol. The van der Waals surface area contributed by atoms with Gasteiger partial charge in [0.1, 0.15) is 24.7 Å². The van der Waals surface area contributed by atoms with Gasteiger partial charge in [-0.3, -0.25) is 0 Å². The van der Waals surface area contributed by atoms with Crippen LogP contribution in [0, 0.1) is 0 Å². The average Bonchev–Trinajstić information content (AvgIpc) is 3.33. The number of hydrogen-bond donors (Lipinski definition) is 0. The van der Waals surface area contributed by atoms with Gasteiger partial charge in [0.2, 0.25) is 0 Å². The van der Waals surface area contributed by atoms with Crippen LogP contribution in [0.4, 0.5) is 34.1 Å². The number of esters is 4. The number of carbonyl (C=O) groups is 4. The van der Waals surface area contributed by atoms with Crippen LogP contribution in [0.2, 0.25) is 0 Å². The summed E-state index contributed by atoms with van der Waals surface area (Å²) in [5, 5.41) is 0. The Kier molecular flexibility index (Phi) is 15.3. The van der Waals surface area contributed by atoms with E-state index in [-0.39, 0.29) is 37.6 Å². The fourth-order valence-electron chi connectivity index (χ4n) is 6.64.